The molecule has 0 radical (unpaired) electrons. The van der Waals surface area contributed by atoms with E-state index in [0.717, 1.165) is 44.5 Å². The molecule has 0 aromatic heterocycles. The minimum atomic E-state index is 0.460. The molecule has 4 aromatic rings. The van der Waals surface area contributed by atoms with E-state index in [4.69, 9.17) is 47.4 Å². The van der Waals surface area contributed by atoms with Gasteiger partial charge in [0.1, 0.15) is 49.4 Å². The lowest BCUT2D eigenvalue weighted by atomic mass is 10.1. The third-order valence-electron chi connectivity index (χ3n) is 7.04. The van der Waals surface area contributed by atoms with Gasteiger partial charge in [-0.25, -0.2) is 0 Å². The number of rotatable bonds is 0. The molecule has 0 N–H and O–H groups in total. The van der Waals surface area contributed by atoms with E-state index in [1.54, 1.807) is 0 Å². The zero-order valence-electron chi connectivity index (χ0n) is 26.3. The smallest absolute Gasteiger partial charge is 0.120 e. The normalized spacial score (nSPS) is 18.1. The molecule has 4 aromatic carbocycles. The number of ether oxygens (including phenoxy) is 10. The molecule has 0 spiro atoms. The van der Waals surface area contributed by atoms with Crippen molar-refractivity contribution in [1.82, 2.24) is 0 Å². The molecule has 0 fully saturated rings. The highest BCUT2D eigenvalue weighted by Gasteiger charge is 2.04. The molecule has 0 saturated heterocycles. The van der Waals surface area contributed by atoms with Gasteiger partial charge in [-0.3, -0.25) is 0 Å². The van der Waals surface area contributed by atoms with Crippen LogP contribution in [0.15, 0.2) is 72.8 Å². The molecule has 8 aliphatic heterocycles. The van der Waals surface area contributed by atoms with Gasteiger partial charge in [-0.2, -0.15) is 0 Å². The van der Waals surface area contributed by atoms with Gasteiger partial charge in [0.15, 0.2) is 0 Å². The van der Waals surface area contributed by atoms with Crippen LogP contribution in [0.25, 0.3) is 21.5 Å². The number of benzene rings is 4. The summed E-state index contributed by atoms with van der Waals surface area (Å²) in [7, 11) is 0. The van der Waals surface area contributed by atoms with E-state index >= 15 is 0 Å². The summed E-state index contributed by atoms with van der Waals surface area (Å²) >= 11 is 0. The lowest BCUT2D eigenvalue weighted by Crippen LogP contribution is -2.14. The van der Waals surface area contributed by atoms with Crippen LogP contribution in [0.5, 0.6) is 23.0 Å². The van der Waals surface area contributed by atoms with Crippen LogP contribution in [-0.2, 0) is 28.4 Å². The van der Waals surface area contributed by atoms with Gasteiger partial charge in [-0.1, -0.05) is 24.3 Å². The first-order valence-electron chi connectivity index (χ1n) is 15.9. The molecule has 0 amide bonds. The van der Waals surface area contributed by atoms with Crippen LogP contribution in [0.4, 0.5) is 0 Å². The second-order valence-electron chi connectivity index (χ2n) is 10.4. The van der Waals surface area contributed by atoms with E-state index in [1.165, 1.54) is 0 Å². The first-order chi connectivity index (χ1) is 22.8. The van der Waals surface area contributed by atoms with E-state index in [2.05, 4.69) is 0 Å². The van der Waals surface area contributed by atoms with Gasteiger partial charge in [-0.15, -0.1) is 0 Å². The Kier molecular flexibility index (Phi) is 14.5. The van der Waals surface area contributed by atoms with Gasteiger partial charge in [0.2, 0.25) is 0 Å². The Labute approximate surface area is 270 Å². The van der Waals surface area contributed by atoms with Crippen molar-refractivity contribution in [3.8, 4) is 23.0 Å². The minimum absolute atomic E-state index is 0.460. The summed E-state index contributed by atoms with van der Waals surface area (Å²) in [4.78, 5) is 0. The maximum atomic E-state index is 5.86. The first kappa shape index (κ1) is 33.7. The van der Waals surface area contributed by atoms with Crippen LogP contribution in [0.2, 0.25) is 0 Å². The molecule has 46 heavy (non-hydrogen) atoms. The molecule has 248 valence electrons. The molecule has 0 atom stereocenters. The minimum Gasteiger partial charge on any atom is -0.491 e. The maximum Gasteiger partial charge on any atom is 0.120 e. The molecule has 0 unspecified atom stereocenters. The summed E-state index contributed by atoms with van der Waals surface area (Å²) in [5.41, 5.74) is 0. The molecule has 0 aliphatic carbocycles. The molecule has 8 bridgehead atoms. The van der Waals surface area contributed by atoms with E-state index in [1.807, 2.05) is 72.8 Å². The predicted octanol–water partition coefficient (Wildman–Crippen LogP) is 5.32. The van der Waals surface area contributed by atoms with Crippen LogP contribution >= 0.6 is 0 Å². The zero-order valence-corrected chi connectivity index (χ0v) is 26.3. The SMILES string of the molecule is c1cc2cc3ccc2cc1OCCOCCOCCOCCOc1ccc2cc(ccc2c1)OCCOCCOCCOCCO3. The van der Waals surface area contributed by atoms with Gasteiger partial charge in [-0.05, 0) is 70.1 Å². The van der Waals surface area contributed by atoms with Crippen molar-refractivity contribution in [3.05, 3.63) is 72.8 Å². The van der Waals surface area contributed by atoms with Gasteiger partial charge < -0.3 is 47.4 Å². The van der Waals surface area contributed by atoms with E-state index in [-0.39, 0.29) is 0 Å². The molecular formula is C36H44O10. The summed E-state index contributed by atoms with van der Waals surface area (Å²) in [6, 6.07) is 24.0. The Hall–Kier alpha value is -3.64. The third kappa shape index (κ3) is 11.9. The van der Waals surface area contributed by atoms with Crippen molar-refractivity contribution in [2.24, 2.45) is 0 Å². The van der Waals surface area contributed by atoms with Crippen LogP contribution < -0.4 is 18.9 Å². The highest BCUT2D eigenvalue weighted by atomic mass is 16.6. The van der Waals surface area contributed by atoms with Crippen LogP contribution in [0.1, 0.15) is 0 Å². The van der Waals surface area contributed by atoms with Crippen molar-refractivity contribution < 1.29 is 47.4 Å². The Morgan fingerprint density at radius 1 is 0.239 bits per heavy atom. The lowest BCUT2D eigenvalue weighted by molar-refractivity contribution is 0.00498. The standard InChI is InChI=1S/C36H44O10/c1-5-33-26-30-2-6-34(25-29(1)30)44-22-18-40-14-10-38-12-16-42-20-24-46-36-8-4-31-27-35(7-3-32(31)28-36)45-23-19-41-15-11-37-9-13-39-17-21-43-33/h1-8,25-28H,9-24H2. The zero-order chi connectivity index (χ0) is 31.5. The summed E-state index contributed by atoms with van der Waals surface area (Å²) in [5.74, 6) is 3.19. The summed E-state index contributed by atoms with van der Waals surface area (Å²) in [6.45, 7) is 7.74. The molecule has 8 aliphatic rings. The largest absolute Gasteiger partial charge is 0.491 e. The highest BCUT2D eigenvalue weighted by Crippen LogP contribution is 2.26. The average Bonchev–Trinajstić information content (AvgIpc) is 3.08. The molecule has 12 rings (SSSR count). The molecule has 10 nitrogen and oxygen atoms in total. The molecular weight excluding hydrogens is 592 g/mol. The van der Waals surface area contributed by atoms with E-state index in [9.17, 15) is 0 Å². The third-order valence-corrected chi connectivity index (χ3v) is 7.04. The second-order valence-corrected chi connectivity index (χ2v) is 10.4. The van der Waals surface area contributed by atoms with E-state index < -0.39 is 0 Å². The van der Waals surface area contributed by atoms with Crippen LogP contribution in [0, 0.1) is 0 Å². The van der Waals surface area contributed by atoms with Crippen molar-refractivity contribution in [3.63, 3.8) is 0 Å². The summed E-state index contributed by atoms with van der Waals surface area (Å²) in [5, 5.41) is 4.31. The molecule has 10 heteroatoms. The fourth-order valence-corrected chi connectivity index (χ4v) is 4.72. The van der Waals surface area contributed by atoms with Crippen LogP contribution in [0.3, 0.4) is 0 Å². The van der Waals surface area contributed by atoms with Gasteiger partial charge in [0, 0.05) is 0 Å². The summed E-state index contributed by atoms with van der Waals surface area (Å²) < 4.78 is 57.1. The Morgan fingerprint density at radius 2 is 0.435 bits per heavy atom. The fraction of sp³-hybridized carbons (Fsp3) is 0.444. The van der Waals surface area contributed by atoms with Crippen molar-refractivity contribution in [2.75, 3.05) is 106 Å². The fourth-order valence-electron chi connectivity index (χ4n) is 4.72. The van der Waals surface area contributed by atoms with Crippen molar-refractivity contribution in [1.29, 1.82) is 0 Å². The average molecular weight is 637 g/mol. The van der Waals surface area contributed by atoms with Gasteiger partial charge in [0.05, 0.1) is 79.3 Å². The van der Waals surface area contributed by atoms with Crippen LogP contribution in [-0.4, -0.2) is 106 Å². The molecule has 8 heterocycles. The Balaban J connectivity index is 1.04. The number of hydrogen-bond donors (Lipinski definition) is 0. The van der Waals surface area contributed by atoms with Gasteiger partial charge in [0.25, 0.3) is 0 Å². The second kappa shape index (κ2) is 19.8. The quantitative estimate of drug-likeness (QED) is 0.253. The monoisotopic (exact) mass is 636 g/mol. The van der Waals surface area contributed by atoms with Crippen molar-refractivity contribution in [2.45, 2.75) is 0 Å². The molecule has 0 saturated carbocycles. The maximum absolute atomic E-state index is 5.86. The topological polar surface area (TPSA) is 92.3 Å². The lowest BCUT2D eigenvalue weighted by Gasteiger charge is -2.11. The first-order valence-corrected chi connectivity index (χ1v) is 15.9. The number of hydrogen-bond acceptors (Lipinski definition) is 10. The van der Waals surface area contributed by atoms with E-state index in [0.29, 0.717) is 106 Å². The highest BCUT2D eigenvalue weighted by molar-refractivity contribution is 5.86. The van der Waals surface area contributed by atoms with Gasteiger partial charge >= 0.3 is 0 Å². The van der Waals surface area contributed by atoms with Crippen molar-refractivity contribution >= 4 is 21.5 Å². The Bertz CT molecular complexity index is 1230. The Morgan fingerprint density at radius 3 is 0.652 bits per heavy atom. The predicted molar refractivity (Wildman–Crippen MR) is 175 cm³/mol. The summed E-state index contributed by atoms with van der Waals surface area (Å²) in [6.07, 6.45) is 0.